The van der Waals surface area contributed by atoms with Crippen LogP contribution in [0.4, 0.5) is 5.69 Å². The Morgan fingerprint density at radius 3 is 2.69 bits per heavy atom. The Labute approximate surface area is 96.4 Å². The van der Waals surface area contributed by atoms with Crippen molar-refractivity contribution in [2.75, 3.05) is 11.9 Å². The molecule has 0 amide bonds. The van der Waals surface area contributed by atoms with Gasteiger partial charge in [0.1, 0.15) is 0 Å². The molecule has 16 heavy (non-hydrogen) atoms. The minimum Gasteiger partial charge on any atom is -0.385 e. The van der Waals surface area contributed by atoms with Crippen LogP contribution >= 0.6 is 0 Å². The Kier molecular flexibility index (Phi) is 3.54. The molecule has 0 radical (unpaired) electrons. The summed E-state index contributed by atoms with van der Waals surface area (Å²) in [6.45, 7) is 3.08. The molecule has 0 unspecified atom stereocenters. The molecule has 0 saturated heterocycles. The molecule has 1 heterocycles. The molecule has 0 aliphatic carbocycles. The predicted molar refractivity (Wildman–Crippen MR) is 67.6 cm³/mol. The standard InChI is InChI=1S/C14H16N2/c1-12-3-2-4-13(11-12)5-10-16-14-6-8-15-9-7-14/h2-4,6-9,11H,5,10H2,1H3,(H,15,16). The van der Waals surface area contributed by atoms with Gasteiger partial charge in [0.05, 0.1) is 0 Å². The molecular weight excluding hydrogens is 196 g/mol. The molecule has 2 aromatic rings. The molecule has 0 aliphatic rings. The average Bonchev–Trinajstić information content (AvgIpc) is 2.30. The monoisotopic (exact) mass is 212 g/mol. The van der Waals surface area contributed by atoms with Crippen LogP contribution in [0.25, 0.3) is 0 Å². The van der Waals surface area contributed by atoms with Crippen molar-refractivity contribution in [2.24, 2.45) is 0 Å². The first-order valence-corrected chi connectivity index (χ1v) is 5.54. The smallest absolute Gasteiger partial charge is 0.0371 e. The number of aromatic nitrogens is 1. The second-order valence-corrected chi connectivity index (χ2v) is 3.90. The van der Waals surface area contributed by atoms with Crippen LogP contribution in [0, 0.1) is 6.92 Å². The van der Waals surface area contributed by atoms with E-state index in [1.807, 2.05) is 12.1 Å². The van der Waals surface area contributed by atoms with Crippen molar-refractivity contribution < 1.29 is 0 Å². The Hall–Kier alpha value is -1.83. The lowest BCUT2D eigenvalue weighted by atomic mass is 10.1. The zero-order valence-electron chi connectivity index (χ0n) is 9.48. The van der Waals surface area contributed by atoms with Gasteiger partial charge in [0, 0.05) is 24.6 Å². The topological polar surface area (TPSA) is 24.9 Å². The van der Waals surface area contributed by atoms with Crippen molar-refractivity contribution in [1.29, 1.82) is 0 Å². The van der Waals surface area contributed by atoms with E-state index in [4.69, 9.17) is 0 Å². The highest BCUT2D eigenvalue weighted by Gasteiger charge is 1.94. The minimum absolute atomic E-state index is 0.952. The molecule has 1 aromatic carbocycles. The lowest BCUT2D eigenvalue weighted by Gasteiger charge is -2.06. The number of hydrogen-bond acceptors (Lipinski definition) is 2. The Morgan fingerprint density at radius 2 is 1.94 bits per heavy atom. The number of pyridine rings is 1. The van der Waals surface area contributed by atoms with E-state index < -0.39 is 0 Å². The van der Waals surface area contributed by atoms with Crippen LogP contribution in [-0.4, -0.2) is 11.5 Å². The third-order valence-corrected chi connectivity index (χ3v) is 2.51. The summed E-state index contributed by atoms with van der Waals surface area (Å²) in [6.07, 6.45) is 4.65. The van der Waals surface area contributed by atoms with Gasteiger partial charge in [-0.1, -0.05) is 29.8 Å². The largest absolute Gasteiger partial charge is 0.385 e. The number of benzene rings is 1. The van der Waals surface area contributed by atoms with Gasteiger partial charge in [-0.25, -0.2) is 0 Å². The summed E-state index contributed by atoms with van der Waals surface area (Å²) in [5, 5.41) is 3.37. The highest BCUT2D eigenvalue weighted by molar-refractivity contribution is 5.40. The van der Waals surface area contributed by atoms with E-state index in [0.717, 1.165) is 18.7 Å². The first-order chi connectivity index (χ1) is 7.84. The number of aryl methyl sites for hydroxylation is 1. The fraction of sp³-hybridized carbons (Fsp3) is 0.214. The Morgan fingerprint density at radius 1 is 1.12 bits per heavy atom. The Bertz CT molecular complexity index is 437. The fourth-order valence-electron chi connectivity index (χ4n) is 1.69. The van der Waals surface area contributed by atoms with Gasteiger partial charge in [0.2, 0.25) is 0 Å². The summed E-state index contributed by atoms with van der Waals surface area (Å²) >= 11 is 0. The van der Waals surface area contributed by atoms with Crippen LogP contribution in [-0.2, 0) is 6.42 Å². The SMILES string of the molecule is Cc1cccc(CCNc2ccncc2)c1. The first-order valence-electron chi connectivity index (χ1n) is 5.54. The van der Waals surface area contributed by atoms with Crippen LogP contribution in [0.15, 0.2) is 48.8 Å². The zero-order valence-corrected chi connectivity index (χ0v) is 9.48. The van der Waals surface area contributed by atoms with E-state index in [2.05, 4.69) is 41.5 Å². The van der Waals surface area contributed by atoms with Gasteiger partial charge in [-0.3, -0.25) is 4.98 Å². The highest BCUT2D eigenvalue weighted by Crippen LogP contribution is 2.06. The normalized spacial score (nSPS) is 10.1. The van der Waals surface area contributed by atoms with E-state index in [9.17, 15) is 0 Å². The van der Waals surface area contributed by atoms with Crippen molar-refractivity contribution in [3.63, 3.8) is 0 Å². The van der Waals surface area contributed by atoms with Gasteiger partial charge in [0.25, 0.3) is 0 Å². The van der Waals surface area contributed by atoms with Gasteiger partial charge in [-0.2, -0.15) is 0 Å². The molecule has 1 aromatic heterocycles. The quantitative estimate of drug-likeness (QED) is 0.842. The van der Waals surface area contributed by atoms with Crippen LogP contribution in [0.2, 0.25) is 0 Å². The van der Waals surface area contributed by atoms with E-state index in [0.29, 0.717) is 0 Å². The second kappa shape index (κ2) is 5.31. The number of nitrogens with zero attached hydrogens (tertiary/aromatic N) is 1. The van der Waals surface area contributed by atoms with Crippen molar-refractivity contribution in [3.8, 4) is 0 Å². The molecule has 0 atom stereocenters. The molecule has 0 saturated carbocycles. The number of anilines is 1. The lowest BCUT2D eigenvalue weighted by molar-refractivity contribution is 1.02. The van der Waals surface area contributed by atoms with Gasteiger partial charge >= 0.3 is 0 Å². The maximum Gasteiger partial charge on any atom is 0.0371 e. The molecule has 82 valence electrons. The molecule has 1 N–H and O–H groups in total. The van der Waals surface area contributed by atoms with E-state index >= 15 is 0 Å². The molecule has 0 bridgehead atoms. The lowest BCUT2D eigenvalue weighted by Crippen LogP contribution is -2.04. The molecule has 0 aliphatic heterocycles. The third kappa shape index (κ3) is 3.09. The van der Waals surface area contributed by atoms with Gasteiger partial charge < -0.3 is 5.32 Å². The molecule has 2 rings (SSSR count). The fourth-order valence-corrected chi connectivity index (χ4v) is 1.69. The summed E-state index contributed by atoms with van der Waals surface area (Å²) in [7, 11) is 0. The van der Waals surface area contributed by atoms with Gasteiger partial charge in [-0.05, 0) is 31.0 Å². The van der Waals surface area contributed by atoms with Crippen LogP contribution < -0.4 is 5.32 Å². The number of nitrogens with one attached hydrogen (secondary N) is 1. The van der Waals surface area contributed by atoms with Gasteiger partial charge in [0.15, 0.2) is 0 Å². The van der Waals surface area contributed by atoms with E-state index in [1.54, 1.807) is 12.4 Å². The maximum absolute atomic E-state index is 3.98. The van der Waals surface area contributed by atoms with Crippen LogP contribution in [0.5, 0.6) is 0 Å². The first kappa shape index (κ1) is 10.7. The summed E-state index contributed by atoms with van der Waals surface area (Å²) < 4.78 is 0. The summed E-state index contributed by atoms with van der Waals surface area (Å²) in [6, 6.07) is 12.6. The Balaban J connectivity index is 1.85. The molecular formula is C14H16N2. The van der Waals surface area contributed by atoms with Gasteiger partial charge in [-0.15, -0.1) is 0 Å². The zero-order chi connectivity index (χ0) is 11.2. The molecule has 0 fully saturated rings. The van der Waals surface area contributed by atoms with E-state index in [-0.39, 0.29) is 0 Å². The summed E-state index contributed by atoms with van der Waals surface area (Å²) in [5.74, 6) is 0. The second-order valence-electron chi connectivity index (χ2n) is 3.90. The predicted octanol–water partition coefficient (Wildman–Crippen LogP) is 3.04. The van der Waals surface area contributed by atoms with E-state index in [1.165, 1.54) is 11.1 Å². The number of rotatable bonds is 4. The van der Waals surface area contributed by atoms with Crippen molar-refractivity contribution in [3.05, 3.63) is 59.9 Å². The van der Waals surface area contributed by atoms with Crippen molar-refractivity contribution in [2.45, 2.75) is 13.3 Å². The minimum atomic E-state index is 0.952. The molecule has 2 heteroatoms. The highest BCUT2D eigenvalue weighted by atomic mass is 14.9. The molecule has 2 nitrogen and oxygen atoms in total. The molecule has 0 spiro atoms. The number of hydrogen-bond donors (Lipinski definition) is 1. The average molecular weight is 212 g/mol. The third-order valence-electron chi connectivity index (χ3n) is 2.51. The maximum atomic E-state index is 3.98. The summed E-state index contributed by atoms with van der Waals surface area (Å²) in [4.78, 5) is 3.98. The summed E-state index contributed by atoms with van der Waals surface area (Å²) in [5.41, 5.74) is 3.82. The van der Waals surface area contributed by atoms with Crippen molar-refractivity contribution >= 4 is 5.69 Å². The van der Waals surface area contributed by atoms with Crippen LogP contribution in [0.1, 0.15) is 11.1 Å². The van der Waals surface area contributed by atoms with Crippen LogP contribution in [0.3, 0.4) is 0 Å². The van der Waals surface area contributed by atoms with Crippen molar-refractivity contribution in [1.82, 2.24) is 4.98 Å².